The third kappa shape index (κ3) is 3.98. The molecule has 1 unspecified atom stereocenters. The minimum Gasteiger partial charge on any atom is -0.508 e. The fourth-order valence-electron chi connectivity index (χ4n) is 4.75. The number of likely N-dealkylation sites (tertiary alicyclic amines) is 1. The third-order valence-corrected chi connectivity index (χ3v) is 6.48. The number of phenols is 1. The van der Waals surface area contributed by atoms with E-state index in [1.54, 1.807) is 23.3 Å². The normalized spacial score (nSPS) is 23.0. The maximum atomic E-state index is 9.40. The first kappa shape index (κ1) is 18.4. The molecule has 3 heteroatoms. The number of ether oxygens (including phenoxy) is 1. The molecule has 1 aliphatic heterocycles. The van der Waals surface area contributed by atoms with E-state index < -0.39 is 0 Å². The highest BCUT2D eigenvalue weighted by molar-refractivity contribution is 5.37. The molecule has 1 N–H and O–H groups in total. The summed E-state index contributed by atoms with van der Waals surface area (Å²) < 4.78 is 5.93. The lowest BCUT2D eigenvalue weighted by atomic mass is 9.79. The number of piperidine rings is 1. The van der Waals surface area contributed by atoms with Crippen LogP contribution in [0.5, 0.6) is 11.5 Å². The molecule has 2 aliphatic rings. The van der Waals surface area contributed by atoms with Crippen LogP contribution < -0.4 is 4.74 Å². The molecule has 3 nitrogen and oxygen atoms in total. The van der Waals surface area contributed by atoms with Crippen LogP contribution in [0.2, 0.25) is 0 Å². The minimum atomic E-state index is 0.100. The van der Waals surface area contributed by atoms with Gasteiger partial charge in [0.15, 0.2) is 0 Å². The third-order valence-electron chi connectivity index (χ3n) is 6.48. The van der Waals surface area contributed by atoms with Gasteiger partial charge in [-0.25, -0.2) is 0 Å². The number of rotatable bonds is 5. The monoisotopic (exact) mass is 365 g/mol. The van der Waals surface area contributed by atoms with Gasteiger partial charge in [-0.15, -0.1) is 0 Å². The van der Waals surface area contributed by atoms with E-state index in [1.165, 1.54) is 50.5 Å². The maximum Gasteiger partial charge on any atom is 0.119 e. The molecule has 0 amide bonds. The summed E-state index contributed by atoms with van der Waals surface area (Å²) in [6, 6.07) is 14.3. The molecule has 1 saturated heterocycles. The van der Waals surface area contributed by atoms with Gasteiger partial charge in [0.2, 0.25) is 0 Å². The van der Waals surface area contributed by atoms with Gasteiger partial charge in [0.25, 0.3) is 0 Å². The molecule has 2 aromatic rings. The Balaban J connectivity index is 1.46. The number of aromatic hydroxyl groups is 1. The standard InChI is InChI=1S/C24H31NO2/c1-24(21-9-8-19-6-2-3-7-20(19)18-21)14-4-5-15-25(24)16-17-27-23-12-10-22(26)11-13-23/h8-13,18,26H,2-7,14-17H2,1H3. The van der Waals surface area contributed by atoms with Gasteiger partial charge in [-0.2, -0.15) is 0 Å². The molecule has 0 spiro atoms. The second-order valence-electron chi connectivity index (χ2n) is 8.25. The van der Waals surface area contributed by atoms with E-state index in [1.807, 2.05) is 12.1 Å². The molecular formula is C24H31NO2. The van der Waals surface area contributed by atoms with Crippen molar-refractivity contribution < 1.29 is 9.84 Å². The van der Waals surface area contributed by atoms with Gasteiger partial charge < -0.3 is 9.84 Å². The topological polar surface area (TPSA) is 32.7 Å². The summed E-state index contributed by atoms with van der Waals surface area (Å²) in [7, 11) is 0. The maximum absolute atomic E-state index is 9.40. The van der Waals surface area contributed by atoms with E-state index in [-0.39, 0.29) is 11.3 Å². The Bertz CT molecular complexity index is 770. The fraction of sp³-hybridized carbons (Fsp3) is 0.500. The van der Waals surface area contributed by atoms with Crippen molar-refractivity contribution in [2.45, 2.75) is 57.4 Å². The van der Waals surface area contributed by atoms with Gasteiger partial charge >= 0.3 is 0 Å². The van der Waals surface area contributed by atoms with E-state index in [2.05, 4.69) is 30.0 Å². The lowest BCUT2D eigenvalue weighted by Gasteiger charge is -2.45. The molecule has 0 aromatic heterocycles. The van der Waals surface area contributed by atoms with Crippen molar-refractivity contribution in [2.75, 3.05) is 19.7 Å². The predicted molar refractivity (Wildman–Crippen MR) is 109 cm³/mol. The average Bonchev–Trinajstić information content (AvgIpc) is 2.70. The molecule has 0 saturated carbocycles. The van der Waals surface area contributed by atoms with Crippen LogP contribution in [-0.2, 0) is 18.4 Å². The first-order valence-electron chi connectivity index (χ1n) is 10.4. The Hall–Kier alpha value is -2.00. The summed E-state index contributed by atoms with van der Waals surface area (Å²) in [6.45, 7) is 5.14. The quantitative estimate of drug-likeness (QED) is 0.805. The Labute approximate surface area is 163 Å². The van der Waals surface area contributed by atoms with Crippen LogP contribution in [0.15, 0.2) is 42.5 Å². The van der Waals surface area contributed by atoms with Gasteiger partial charge in [-0.1, -0.05) is 24.6 Å². The zero-order chi connectivity index (χ0) is 18.7. The summed E-state index contributed by atoms with van der Waals surface area (Å²) >= 11 is 0. The molecule has 1 atom stereocenters. The average molecular weight is 366 g/mol. The number of aryl methyl sites for hydroxylation is 2. The highest BCUT2D eigenvalue weighted by Crippen LogP contribution is 2.38. The molecule has 0 radical (unpaired) electrons. The van der Waals surface area contributed by atoms with Crippen LogP contribution in [0.4, 0.5) is 0 Å². The molecule has 0 bridgehead atoms. The van der Waals surface area contributed by atoms with Gasteiger partial charge in [0.1, 0.15) is 18.1 Å². The lowest BCUT2D eigenvalue weighted by Crippen LogP contribution is -2.49. The SMILES string of the molecule is CC1(c2ccc3c(c2)CCCC3)CCCCN1CCOc1ccc(O)cc1. The van der Waals surface area contributed by atoms with Gasteiger partial charge in [-0.05, 0) is 92.9 Å². The molecule has 2 aromatic carbocycles. The Morgan fingerprint density at radius 1 is 0.963 bits per heavy atom. The lowest BCUT2D eigenvalue weighted by molar-refractivity contribution is 0.0458. The molecule has 1 fully saturated rings. The van der Waals surface area contributed by atoms with Gasteiger partial charge in [0.05, 0.1) is 0 Å². The summed E-state index contributed by atoms with van der Waals surface area (Å²) in [6.07, 6.45) is 8.93. The van der Waals surface area contributed by atoms with E-state index in [9.17, 15) is 5.11 Å². The Kier molecular flexibility index (Phi) is 5.40. The van der Waals surface area contributed by atoms with Crippen molar-refractivity contribution >= 4 is 0 Å². The largest absolute Gasteiger partial charge is 0.508 e. The van der Waals surface area contributed by atoms with Crippen LogP contribution in [0, 0.1) is 0 Å². The van der Waals surface area contributed by atoms with Crippen LogP contribution in [0.3, 0.4) is 0 Å². The molecule has 4 rings (SSSR count). The van der Waals surface area contributed by atoms with Crippen molar-refractivity contribution in [1.82, 2.24) is 4.90 Å². The molecule has 1 heterocycles. The van der Waals surface area contributed by atoms with Crippen molar-refractivity contribution in [3.8, 4) is 11.5 Å². The predicted octanol–water partition coefficient (Wildman–Crippen LogP) is 5.05. The number of hydrogen-bond acceptors (Lipinski definition) is 3. The highest BCUT2D eigenvalue weighted by atomic mass is 16.5. The van der Waals surface area contributed by atoms with Gasteiger partial charge in [-0.3, -0.25) is 4.90 Å². The summed E-state index contributed by atoms with van der Waals surface area (Å²) in [5, 5.41) is 9.40. The molecule has 27 heavy (non-hydrogen) atoms. The van der Waals surface area contributed by atoms with E-state index in [0.29, 0.717) is 6.61 Å². The first-order chi connectivity index (χ1) is 13.1. The first-order valence-corrected chi connectivity index (χ1v) is 10.4. The second kappa shape index (κ2) is 7.93. The zero-order valence-corrected chi connectivity index (χ0v) is 16.4. The summed E-state index contributed by atoms with van der Waals surface area (Å²) in [4.78, 5) is 2.61. The van der Waals surface area contributed by atoms with E-state index in [4.69, 9.17) is 4.74 Å². The van der Waals surface area contributed by atoms with Crippen molar-refractivity contribution in [2.24, 2.45) is 0 Å². The number of phenolic OH excluding ortho intramolecular Hbond substituents is 1. The van der Waals surface area contributed by atoms with Crippen LogP contribution in [-0.4, -0.2) is 29.7 Å². The second-order valence-corrected chi connectivity index (χ2v) is 8.25. The fourth-order valence-corrected chi connectivity index (χ4v) is 4.75. The van der Waals surface area contributed by atoms with Crippen molar-refractivity contribution in [3.63, 3.8) is 0 Å². The van der Waals surface area contributed by atoms with Crippen LogP contribution in [0.25, 0.3) is 0 Å². The number of fused-ring (bicyclic) bond motifs is 1. The Morgan fingerprint density at radius 3 is 2.56 bits per heavy atom. The molecule has 144 valence electrons. The highest BCUT2D eigenvalue weighted by Gasteiger charge is 2.36. The minimum absolute atomic E-state index is 0.100. The summed E-state index contributed by atoms with van der Waals surface area (Å²) in [5.41, 5.74) is 4.72. The zero-order valence-electron chi connectivity index (χ0n) is 16.4. The Morgan fingerprint density at radius 2 is 1.74 bits per heavy atom. The van der Waals surface area contributed by atoms with Crippen LogP contribution >= 0.6 is 0 Å². The van der Waals surface area contributed by atoms with Crippen LogP contribution in [0.1, 0.15) is 55.7 Å². The number of hydrogen-bond donors (Lipinski definition) is 1. The summed E-state index contributed by atoms with van der Waals surface area (Å²) in [5.74, 6) is 1.10. The van der Waals surface area contributed by atoms with E-state index in [0.717, 1.165) is 18.8 Å². The smallest absolute Gasteiger partial charge is 0.119 e. The number of benzene rings is 2. The van der Waals surface area contributed by atoms with E-state index >= 15 is 0 Å². The molecular weight excluding hydrogens is 334 g/mol. The van der Waals surface area contributed by atoms with Crippen molar-refractivity contribution in [1.29, 1.82) is 0 Å². The van der Waals surface area contributed by atoms with Gasteiger partial charge in [0, 0.05) is 12.1 Å². The number of nitrogens with zero attached hydrogens (tertiary/aromatic N) is 1. The van der Waals surface area contributed by atoms with Crippen molar-refractivity contribution in [3.05, 3.63) is 59.2 Å². The molecule has 1 aliphatic carbocycles.